The lowest BCUT2D eigenvalue weighted by molar-refractivity contribution is -0.151. The van der Waals surface area contributed by atoms with Crippen LogP contribution in [-0.2, 0) is 9.53 Å². The highest BCUT2D eigenvalue weighted by Crippen LogP contribution is 2.67. The summed E-state index contributed by atoms with van der Waals surface area (Å²) >= 11 is 0. The summed E-state index contributed by atoms with van der Waals surface area (Å²) in [5.74, 6) is 5.56. The maximum Gasteiger partial charge on any atom is 0.306 e. The van der Waals surface area contributed by atoms with Crippen molar-refractivity contribution in [2.75, 3.05) is 0 Å². The molecule has 0 aliphatic heterocycles. The van der Waals surface area contributed by atoms with Gasteiger partial charge in [0.15, 0.2) is 0 Å². The number of carbonyl (C=O) groups excluding carboxylic acids is 1. The second-order valence-corrected chi connectivity index (χ2v) is 15.1. The third kappa shape index (κ3) is 6.56. The van der Waals surface area contributed by atoms with Gasteiger partial charge < -0.3 is 4.74 Å². The first-order valence-corrected chi connectivity index (χ1v) is 17.2. The van der Waals surface area contributed by atoms with Crippen LogP contribution in [0.1, 0.15) is 145 Å². The van der Waals surface area contributed by atoms with Crippen LogP contribution in [0.2, 0.25) is 0 Å². The Morgan fingerprint density at radius 3 is 2.46 bits per heavy atom. The van der Waals surface area contributed by atoms with Gasteiger partial charge in [-0.2, -0.15) is 0 Å². The van der Waals surface area contributed by atoms with Crippen LogP contribution in [0, 0.1) is 52.3 Å². The summed E-state index contributed by atoms with van der Waals surface area (Å²) in [6, 6.07) is 0. The number of hydrogen-bond acceptors (Lipinski definition) is 2. The van der Waals surface area contributed by atoms with Crippen molar-refractivity contribution in [1.29, 1.82) is 0 Å². The summed E-state index contributed by atoms with van der Waals surface area (Å²) in [4.78, 5) is 12.5. The maximum absolute atomic E-state index is 12.5. The van der Waals surface area contributed by atoms with Crippen molar-refractivity contribution in [3.05, 3.63) is 23.8 Å². The average Bonchev–Trinajstić information content (AvgIpc) is 3.26. The molecule has 4 aliphatic rings. The topological polar surface area (TPSA) is 26.3 Å². The molecule has 39 heavy (non-hydrogen) atoms. The van der Waals surface area contributed by atoms with Gasteiger partial charge in [0, 0.05) is 12.8 Å². The zero-order valence-corrected chi connectivity index (χ0v) is 26.8. The summed E-state index contributed by atoms with van der Waals surface area (Å²) in [6.07, 6.45) is 25.8. The summed E-state index contributed by atoms with van der Waals surface area (Å²) in [7, 11) is 0. The predicted octanol–water partition coefficient (Wildman–Crippen LogP) is 10.7. The number of unbranched alkanes of at least 4 members (excludes halogenated alkanes) is 4. The minimum Gasteiger partial charge on any atom is -0.462 e. The van der Waals surface area contributed by atoms with Crippen molar-refractivity contribution in [3.63, 3.8) is 0 Å². The Bertz CT molecular complexity index is 869. The summed E-state index contributed by atoms with van der Waals surface area (Å²) in [6.45, 7) is 17.1. The van der Waals surface area contributed by atoms with Crippen molar-refractivity contribution in [3.8, 4) is 0 Å². The Morgan fingerprint density at radius 2 is 1.74 bits per heavy atom. The lowest BCUT2D eigenvalue weighted by Gasteiger charge is -2.58. The fraction of sp³-hybridized carbons (Fsp3) is 0.865. The zero-order valence-electron chi connectivity index (χ0n) is 26.8. The Hall–Kier alpha value is -1.05. The molecule has 0 amide bonds. The van der Waals surface area contributed by atoms with Gasteiger partial charge in [0.05, 0.1) is 0 Å². The van der Waals surface area contributed by atoms with Crippen LogP contribution in [0.5, 0.6) is 0 Å². The van der Waals surface area contributed by atoms with Gasteiger partial charge in [0.2, 0.25) is 0 Å². The van der Waals surface area contributed by atoms with Gasteiger partial charge in [-0.3, -0.25) is 4.79 Å². The van der Waals surface area contributed by atoms with Crippen molar-refractivity contribution < 1.29 is 9.53 Å². The van der Waals surface area contributed by atoms with Crippen LogP contribution in [0.15, 0.2) is 23.8 Å². The Morgan fingerprint density at radius 1 is 0.974 bits per heavy atom. The van der Waals surface area contributed by atoms with E-state index in [1.54, 1.807) is 5.57 Å². The average molecular weight is 539 g/mol. The molecule has 0 aromatic rings. The molecule has 3 fully saturated rings. The number of hydrogen-bond donors (Lipinski definition) is 0. The minimum absolute atomic E-state index is 0.0432. The Labute approximate surface area is 242 Å². The molecule has 4 rings (SSSR count). The van der Waals surface area contributed by atoms with E-state index in [0.717, 1.165) is 61.2 Å². The summed E-state index contributed by atoms with van der Waals surface area (Å²) in [5, 5.41) is 0. The fourth-order valence-corrected chi connectivity index (χ4v) is 10.0. The molecule has 0 aromatic heterocycles. The van der Waals surface area contributed by atoms with Crippen LogP contribution in [0.25, 0.3) is 0 Å². The molecule has 4 aliphatic carbocycles. The fourth-order valence-electron chi connectivity index (χ4n) is 10.0. The molecule has 0 saturated heterocycles. The first kappa shape index (κ1) is 30.9. The van der Waals surface area contributed by atoms with Crippen LogP contribution in [0.4, 0.5) is 0 Å². The van der Waals surface area contributed by atoms with Gasteiger partial charge in [0.1, 0.15) is 6.10 Å². The van der Waals surface area contributed by atoms with Crippen LogP contribution < -0.4 is 0 Å². The summed E-state index contributed by atoms with van der Waals surface area (Å²) in [5.41, 5.74) is 2.45. The molecule has 222 valence electrons. The van der Waals surface area contributed by atoms with E-state index in [4.69, 9.17) is 4.74 Å². The highest BCUT2D eigenvalue weighted by molar-refractivity contribution is 5.69. The van der Waals surface area contributed by atoms with E-state index in [-0.39, 0.29) is 12.1 Å². The smallest absolute Gasteiger partial charge is 0.306 e. The van der Waals surface area contributed by atoms with Crippen LogP contribution >= 0.6 is 0 Å². The monoisotopic (exact) mass is 538 g/mol. The van der Waals surface area contributed by atoms with Crippen molar-refractivity contribution in [2.24, 2.45) is 52.3 Å². The van der Waals surface area contributed by atoms with Crippen molar-refractivity contribution >= 4 is 5.97 Å². The normalized spacial score (nSPS) is 37.6. The van der Waals surface area contributed by atoms with E-state index >= 15 is 0 Å². The molecule has 0 bridgehead atoms. The quantitative estimate of drug-likeness (QED) is 0.140. The number of ether oxygens (including phenoxy) is 1. The van der Waals surface area contributed by atoms with Crippen molar-refractivity contribution in [2.45, 2.75) is 151 Å². The largest absolute Gasteiger partial charge is 0.462 e. The van der Waals surface area contributed by atoms with Gasteiger partial charge in [-0.1, -0.05) is 98.0 Å². The standard InChI is InChI=1S/C37H62O2/c1-8-10-11-12-13-14-35(38)39-30-21-23-36(6)29(25-30)17-18-31-33-20-19-32(37(33,7)24-22-34(31)36)27(5)15-16-28(9-2)26(3)4/h15-17,26-28,30-34H,8-14,18-25H2,1-7H3/b16-15+/t27-,28-,30+,31+,32-,33+,34+,36+,37-/m1/s1. The molecule has 2 nitrogen and oxygen atoms in total. The minimum atomic E-state index is 0.0432. The molecule has 0 unspecified atom stereocenters. The van der Waals surface area contributed by atoms with E-state index < -0.39 is 0 Å². The second kappa shape index (κ2) is 13.3. The summed E-state index contributed by atoms with van der Waals surface area (Å²) < 4.78 is 6.03. The lowest BCUT2D eigenvalue weighted by atomic mass is 9.47. The number of rotatable bonds is 12. The van der Waals surface area contributed by atoms with Gasteiger partial charge in [-0.05, 0) is 110 Å². The zero-order chi connectivity index (χ0) is 28.2. The van der Waals surface area contributed by atoms with E-state index in [1.165, 1.54) is 64.2 Å². The molecule has 0 spiro atoms. The Kier molecular flexibility index (Phi) is 10.5. The third-order valence-electron chi connectivity index (χ3n) is 12.5. The van der Waals surface area contributed by atoms with E-state index in [9.17, 15) is 4.79 Å². The van der Waals surface area contributed by atoms with E-state index in [2.05, 4.69) is 66.7 Å². The number of esters is 1. The highest BCUT2D eigenvalue weighted by atomic mass is 16.5. The van der Waals surface area contributed by atoms with Crippen LogP contribution in [0.3, 0.4) is 0 Å². The van der Waals surface area contributed by atoms with E-state index in [0.29, 0.717) is 23.2 Å². The van der Waals surface area contributed by atoms with Gasteiger partial charge in [-0.25, -0.2) is 0 Å². The molecule has 0 radical (unpaired) electrons. The first-order chi connectivity index (χ1) is 18.6. The molecule has 0 heterocycles. The number of fused-ring (bicyclic) bond motifs is 5. The third-order valence-corrected chi connectivity index (χ3v) is 12.5. The van der Waals surface area contributed by atoms with Gasteiger partial charge >= 0.3 is 5.97 Å². The molecule has 0 aromatic carbocycles. The van der Waals surface area contributed by atoms with Crippen LogP contribution in [-0.4, -0.2) is 12.1 Å². The predicted molar refractivity (Wildman–Crippen MR) is 165 cm³/mol. The number of allylic oxidation sites excluding steroid dienone is 3. The SMILES string of the molecule is CCCCCCCC(=O)O[C@H]1CC[C@@]2(C)C(=CC[C@H]3[C@@H]4CC[C@H]([C@H](C)/C=C/[C@@H](CC)C(C)C)[C@@]4(C)CC[C@@H]32)C1. The molecular weight excluding hydrogens is 476 g/mol. The molecule has 2 heteroatoms. The Balaban J connectivity index is 1.37. The second-order valence-electron chi connectivity index (χ2n) is 15.1. The molecule has 3 saturated carbocycles. The molecule has 0 N–H and O–H groups in total. The lowest BCUT2D eigenvalue weighted by Crippen LogP contribution is -2.51. The van der Waals surface area contributed by atoms with Gasteiger partial charge in [0.25, 0.3) is 0 Å². The van der Waals surface area contributed by atoms with Gasteiger partial charge in [-0.15, -0.1) is 0 Å². The van der Waals surface area contributed by atoms with Crippen molar-refractivity contribution in [1.82, 2.24) is 0 Å². The van der Waals surface area contributed by atoms with E-state index in [1.807, 2.05) is 0 Å². The number of carbonyl (C=O) groups is 1. The molecule has 9 atom stereocenters. The molecular formula is C37H62O2. The maximum atomic E-state index is 12.5. The highest BCUT2D eigenvalue weighted by Gasteiger charge is 2.59. The first-order valence-electron chi connectivity index (χ1n) is 17.2.